The van der Waals surface area contributed by atoms with E-state index < -0.39 is 5.63 Å². The summed E-state index contributed by atoms with van der Waals surface area (Å²) < 4.78 is 6.04. The third kappa shape index (κ3) is 3.07. The molecule has 22 heavy (non-hydrogen) atoms. The fourth-order valence-corrected chi connectivity index (χ4v) is 2.47. The van der Waals surface area contributed by atoms with Crippen molar-refractivity contribution in [2.45, 2.75) is 0 Å². The molecule has 0 radical (unpaired) electrons. The number of allylic oxidation sites excluding steroid dienone is 1. The van der Waals surface area contributed by atoms with E-state index in [9.17, 15) is 9.59 Å². The van der Waals surface area contributed by atoms with Crippen molar-refractivity contribution < 1.29 is 9.21 Å². The number of hydrogen-bond acceptors (Lipinski definition) is 3. The van der Waals surface area contributed by atoms with Crippen molar-refractivity contribution in [2.75, 3.05) is 0 Å². The summed E-state index contributed by atoms with van der Waals surface area (Å²) in [6.45, 7) is 0. The molecule has 2 aromatic carbocycles. The normalized spacial score (nSPS) is 11.1. The molecule has 0 saturated heterocycles. The van der Waals surface area contributed by atoms with E-state index in [0.717, 1.165) is 10.0 Å². The van der Waals surface area contributed by atoms with Crippen molar-refractivity contribution in [3.05, 3.63) is 86.7 Å². The molecule has 3 aromatic rings. The van der Waals surface area contributed by atoms with Crippen LogP contribution in [0.15, 0.2) is 74.4 Å². The second-order valence-corrected chi connectivity index (χ2v) is 5.65. The molecule has 3 rings (SSSR count). The summed E-state index contributed by atoms with van der Waals surface area (Å²) in [7, 11) is 0. The van der Waals surface area contributed by atoms with Crippen LogP contribution in [0.2, 0.25) is 0 Å². The smallest absolute Gasteiger partial charge is 0.347 e. The molecule has 0 bridgehead atoms. The standard InChI is InChI=1S/C18H11BrO3/c19-14-7-9-17-13(10-14)11-15(18(21)22-17)16(20)8-6-12-4-2-1-3-5-12/h1-11H. The minimum atomic E-state index is -0.627. The van der Waals surface area contributed by atoms with E-state index in [-0.39, 0.29) is 11.3 Å². The molecule has 0 spiro atoms. The second-order valence-electron chi connectivity index (χ2n) is 4.74. The summed E-state index contributed by atoms with van der Waals surface area (Å²) in [5, 5.41) is 0.699. The van der Waals surface area contributed by atoms with Gasteiger partial charge in [-0.2, -0.15) is 0 Å². The molecule has 0 amide bonds. The Bertz CT molecular complexity index is 924. The van der Waals surface area contributed by atoms with E-state index in [2.05, 4.69) is 15.9 Å². The van der Waals surface area contributed by atoms with Crippen LogP contribution in [0.1, 0.15) is 15.9 Å². The van der Waals surface area contributed by atoms with Crippen LogP contribution in [0.4, 0.5) is 0 Å². The van der Waals surface area contributed by atoms with Crippen LogP contribution in [-0.4, -0.2) is 5.78 Å². The lowest BCUT2D eigenvalue weighted by Crippen LogP contribution is -2.11. The van der Waals surface area contributed by atoms with Crippen LogP contribution in [0.3, 0.4) is 0 Å². The molecule has 0 aliphatic carbocycles. The summed E-state index contributed by atoms with van der Waals surface area (Å²) in [6.07, 6.45) is 3.05. The molecular formula is C18H11BrO3. The Morgan fingerprint density at radius 3 is 2.59 bits per heavy atom. The first-order chi connectivity index (χ1) is 10.6. The zero-order chi connectivity index (χ0) is 15.5. The fourth-order valence-electron chi connectivity index (χ4n) is 2.09. The van der Waals surface area contributed by atoms with Gasteiger partial charge in [-0.15, -0.1) is 0 Å². The zero-order valence-electron chi connectivity index (χ0n) is 11.5. The van der Waals surface area contributed by atoms with Crippen molar-refractivity contribution in [1.82, 2.24) is 0 Å². The predicted molar refractivity (Wildman–Crippen MR) is 90.0 cm³/mol. The molecule has 3 nitrogen and oxygen atoms in total. The van der Waals surface area contributed by atoms with Gasteiger partial charge in [-0.05, 0) is 35.9 Å². The number of halogens is 1. The molecule has 108 valence electrons. The van der Waals surface area contributed by atoms with Crippen LogP contribution < -0.4 is 5.63 Å². The van der Waals surface area contributed by atoms with Gasteiger partial charge >= 0.3 is 5.63 Å². The summed E-state index contributed by atoms with van der Waals surface area (Å²) in [4.78, 5) is 24.1. The Labute approximate surface area is 135 Å². The maximum absolute atomic E-state index is 12.2. The highest BCUT2D eigenvalue weighted by Crippen LogP contribution is 2.19. The van der Waals surface area contributed by atoms with Gasteiger partial charge in [0.25, 0.3) is 0 Å². The first-order valence-corrected chi connectivity index (χ1v) is 7.44. The molecule has 1 aromatic heterocycles. The van der Waals surface area contributed by atoms with Crippen molar-refractivity contribution in [2.24, 2.45) is 0 Å². The molecule has 4 heteroatoms. The van der Waals surface area contributed by atoms with Gasteiger partial charge in [0.1, 0.15) is 11.1 Å². The number of ketones is 1. The van der Waals surface area contributed by atoms with Crippen molar-refractivity contribution >= 4 is 38.8 Å². The molecule has 0 fully saturated rings. The minimum Gasteiger partial charge on any atom is -0.422 e. The first kappa shape index (κ1) is 14.5. The van der Waals surface area contributed by atoms with Crippen LogP contribution in [0.5, 0.6) is 0 Å². The molecule has 0 aliphatic rings. The topological polar surface area (TPSA) is 47.3 Å². The van der Waals surface area contributed by atoms with E-state index in [1.165, 1.54) is 6.08 Å². The van der Waals surface area contributed by atoms with E-state index in [4.69, 9.17) is 4.42 Å². The quantitative estimate of drug-likeness (QED) is 0.396. The highest BCUT2D eigenvalue weighted by Gasteiger charge is 2.11. The van der Waals surface area contributed by atoms with Crippen LogP contribution in [0, 0.1) is 0 Å². The predicted octanol–water partition coefficient (Wildman–Crippen LogP) is 4.45. The highest BCUT2D eigenvalue weighted by molar-refractivity contribution is 9.10. The molecular weight excluding hydrogens is 344 g/mol. The lowest BCUT2D eigenvalue weighted by atomic mass is 10.1. The fraction of sp³-hybridized carbons (Fsp3) is 0. The maximum Gasteiger partial charge on any atom is 0.347 e. The molecule has 1 heterocycles. The number of fused-ring (bicyclic) bond motifs is 1. The molecule has 0 aliphatic heterocycles. The first-order valence-electron chi connectivity index (χ1n) is 6.64. The van der Waals surface area contributed by atoms with Gasteiger partial charge in [0.05, 0.1) is 0 Å². The zero-order valence-corrected chi connectivity index (χ0v) is 13.0. The van der Waals surface area contributed by atoms with Crippen LogP contribution >= 0.6 is 15.9 Å². The average molecular weight is 355 g/mol. The third-order valence-corrected chi connectivity index (χ3v) is 3.68. The monoisotopic (exact) mass is 354 g/mol. The van der Waals surface area contributed by atoms with Gasteiger partial charge in [-0.1, -0.05) is 52.3 Å². The van der Waals surface area contributed by atoms with Gasteiger partial charge in [0.2, 0.25) is 0 Å². The van der Waals surface area contributed by atoms with E-state index in [0.29, 0.717) is 11.0 Å². The van der Waals surface area contributed by atoms with Gasteiger partial charge < -0.3 is 4.42 Å². The van der Waals surface area contributed by atoms with E-state index >= 15 is 0 Å². The van der Waals surface area contributed by atoms with Crippen molar-refractivity contribution in [3.8, 4) is 0 Å². The van der Waals surface area contributed by atoms with E-state index in [1.807, 2.05) is 30.3 Å². The Morgan fingerprint density at radius 2 is 1.82 bits per heavy atom. The molecule has 0 saturated carbocycles. The summed E-state index contributed by atoms with van der Waals surface area (Å²) in [5.41, 5.74) is 0.746. The van der Waals surface area contributed by atoms with Crippen molar-refractivity contribution in [3.63, 3.8) is 0 Å². The summed E-state index contributed by atoms with van der Waals surface area (Å²) >= 11 is 3.36. The van der Waals surface area contributed by atoms with Gasteiger partial charge in [-0.3, -0.25) is 4.79 Å². The number of rotatable bonds is 3. The van der Waals surface area contributed by atoms with Crippen molar-refractivity contribution in [1.29, 1.82) is 0 Å². The van der Waals surface area contributed by atoms with Gasteiger partial charge in [0.15, 0.2) is 5.78 Å². The van der Waals surface area contributed by atoms with Crippen LogP contribution in [-0.2, 0) is 0 Å². The number of carbonyl (C=O) groups is 1. The van der Waals surface area contributed by atoms with Gasteiger partial charge in [0, 0.05) is 9.86 Å². The number of benzene rings is 2. The number of hydrogen-bond donors (Lipinski definition) is 0. The molecule has 0 N–H and O–H groups in total. The minimum absolute atomic E-state index is 0.0257. The SMILES string of the molecule is O=C(C=Cc1ccccc1)c1cc2cc(Br)ccc2oc1=O. The highest BCUT2D eigenvalue weighted by atomic mass is 79.9. The second kappa shape index (κ2) is 6.12. The Balaban J connectivity index is 1.98. The molecule has 0 unspecified atom stereocenters. The Morgan fingerprint density at radius 1 is 1.05 bits per heavy atom. The van der Waals surface area contributed by atoms with E-state index in [1.54, 1.807) is 30.3 Å². The Hall–Kier alpha value is -2.46. The van der Waals surface area contributed by atoms with Gasteiger partial charge in [-0.25, -0.2) is 4.79 Å². The summed E-state index contributed by atoms with van der Waals surface area (Å²) in [6, 6.07) is 16.2. The molecule has 0 atom stereocenters. The average Bonchev–Trinajstić information content (AvgIpc) is 2.53. The maximum atomic E-state index is 12.2. The lowest BCUT2D eigenvalue weighted by Gasteiger charge is -2.00. The third-order valence-electron chi connectivity index (χ3n) is 3.19. The largest absolute Gasteiger partial charge is 0.422 e. The Kier molecular flexibility index (Phi) is 4.02. The summed E-state index contributed by atoms with van der Waals surface area (Å²) in [5.74, 6) is -0.375. The number of carbonyl (C=O) groups excluding carboxylic acids is 1. The van der Waals surface area contributed by atoms with Crippen LogP contribution in [0.25, 0.3) is 17.0 Å². The lowest BCUT2D eigenvalue weighted by molar-refractivity contribution is 0.104.